The molecule has 0 N–H and O–H groups in total. The predicted octanol–water partition coefficient (Wildman–Crippen LogP) is 5.40. The SMILES string of the molecule is Clc1ccc(OCc2ccc(Br)s2)cc1Cl. The summed E-state index contributed by atoms with van der Waals surface area (Å²) in [6.45, 7) is 0.536. The van der Waals surface area contributed by atoms with E-state index in [2.05, 4.69) is 15.9 Å². The first-order valence-electron chi connectivity index (χ1n) is 4.47. The van der Waals surface area contributed by atoms with E-state index in [0.29, 0.717) is 16.7 Å². The van der Waals surface area contributed by atoms with Crippen molar-refractivity contribution in [3.63, 3.8) is 0 Å². The fraction of sp³-hybridized carbons (Fsp3) is 0.0909. The first-order chi connectivity index (χ1) is 7.65. The van der Waals surface area contributed by atoms with Gasteiger partial charge < -0.3 is 4.74 Å². The van der Waals surface area contributed by atoms with Crippen molar-refractivity contribution in [2.24, 2.45) is 0 Å². The van der Waals surface area contributed by atoms with Crippen LogP contribution in [0.3, 0.4) is 0 Å². The van der Waals surface area contributed by atoms with Crippen LogP contribution in [0, 0.1) is 0 Å². The van der Waals surface area contributed by atoms with E-state index >= 15 is 0 Å². The summed E-state index contributed by atoms with van der Waals surface area (Å²) in [6.07, 6.45) is 0. The van der Waals surface area contributed by atoms with Gasteiger partial charge in [0.1, 0.15) is 12.4 Å². The summed E-state index contributed by atoms with van der Waals surface area (Å²) in [5.74, 6) is 0.721. The van der Waals surface area contributed by atoms with Crippen LogP contribution in [-0.4, -0.2) is 0 Å². The number of hydrogen-bond donors (Lipinski definition) is 0. The summed E-state index contributed by atoms with van der Waals surface area (Å²) in [5.41, 5.74) is 0. The smallest absolute Gasteiger partial charge is 0.122 e. The molecule has 2 rings (SSSR count). The van der Waals surface area contributed by atoms with Crippen molar-refractivity contribution in [2.75, 3.05) is 0 Å². The van der Waals surface area contributed by atoms with Crippen LogP contribution in [0.4, 0.5) is 0 Å². The molecule has 0 aliphatic heterocycles. The maximum Gasteiger partial charge on any atom is 0.122 e. The zero-order valence-electron chi connectivity index (χ0n) is 8.04. The molecule has 0 aliphatic carbocycles. The van der Waals surface area contributed by atoms with Crippen molar-refractivity contribution >= 4 is 50.5 Å². The minimum absolute atomic E-state index is 0.506. The molecule has 0 radical (unpaired) electrons. The Kier molecular flexibility index (Phi) is 4.14. The summed E-state index contributed by atoms with van der Waals surface area (Å²) in [5, 5.41) is 1.04. The van der Waals surface area contributed by atoms with Gasteiger partial charge in [-0.2, -0.15) is 0 Å². The van der Waals surface area contributed by atoms with Gasteiger partial charge in [-0.05, 0) is 40.2 Å². The zero-order chi connectivity index (χ0) is 11.5. The third-order valence-corrected chi connectivity index (χ3v) is 4.24. The lowest BCUT2D eigenvalue weighted by molar-refractivity contribution is 0.310. The molecular formula is C11H7BrCl2OS. The Hall–Kier alpha value is -0.220. The van der Waals surface area contributed by atoms with E-state index in [0.717, 1.165) is 14.4 Å². The van der Waals surface area contributed by atoms with Gasteiger partial charge in [-0.15, -0.1) is 11.3 Å². The predicted molar refractivity (Wildman–Crippen MR) is 72.8 cm³/mol. The molecule has 0 amide bonds. The zero-order valence-corrected chi connectivity index (χ0v) is 12.0. The molecule has 0 saturated heterocycles. The lowest BCUT2D eigenvalue weighted by atomic mass is 10.3. The minimum Gasteiger partial charge on any atom is -0.488 e. The molecule has 84 valence electrons. The molecular weight excluding hydrogens is 331 g/mol. The highest BCUT2D eigenvalue weighted by Crippen LogP contribution is 2.28. The molecule has 1 aromatic heterocycles. The lowest BCUT2D eigenvalue weighted by Crippen LogP contribution is -1.92. The molecule has 16 heavy (non-hydrogen) atoms. The second kappa shape index (κ2) is 5.41. The van der Waals surface area contributed by atoms with Crippen molar-refractivity contribution in [2.45, 2.75) is 6.61 Å². The molecule has 1 nitrogen and oxygen atoms in total. The van der Waals surface area contributed by atoms with Gasteiger partial charge in [0.25, 0.3) is 0 Å². The number of benzene rings is 1. The highest BCUT2D eigenvalue weighted by molar-refractivity contribution is 9.11. The second-order valence-corrected chi connectivity index (χ2v) is 6.43. The number of thiophene rings is 1. The lowest BCUT2D eigenvalue weighted by Gasteiger charge is -2.05. The van der Waals surface area contributed by atoms with Crippen molar-refractivity contribution in [1.29, 1.82) is 0 Å². The van der Waals surface area contributed by atoms with Crippen LogP contribution in [0.25, 0.3) is 0 Å². The van der Waals surface area contributed by atoms with Crippen LogP contribution in [-0.2, 0) is 6.61 Å². The van der Waals surface area contributed by atoms with Gasteiger partial charge in [-0.1, -0.05) is 23.2 Å². The van der Waals surface area contributed by atoms with Gasteiger partial charge >= 0.3 is 0 Å². The van der Waals surface area contributed by atoms with Gasteiger partial charge in [0.15, 0.2) is 0 Å². The Balaban J connectivity index is 2.02. The Labute approximate surface area is 116 Å². The Bertz CT molecular complexity index is 498. The molecule has 1 heterocycles. The number of hydrogen-bond acceptors (Lipinski definition) is 2. The minimum atomic E-state index is 0.506. The van der Waals surface area contributed by atoms with Crippen LogP contribution < -0.4 is 4.74 Å². The largest absolute Gasteiger partial charge is 0.488 e. The fourth-order valence-electron chi connectivity index (χ4n) is 1.15. The highest BCUT2D eigenvalue weighted by Gasteiger charge is 2.02. The average Bonchev–Trinajstić information content (AvgIpc) is 2.66. The Morgan fingerprint density at radius 3 is 2.56 bits per heavy atom. The average molecular weight is 338 g/mol. The molecule has 0 aliphatic rings. The molecule has 0 bridgehead atoms. The van der Waals surface area contributed by atoms with E-state index in [-0.39, 0.29) is 0 Å². The topological polar surface area (TPSA) is 9.23 Å². The van der Waals surface area contributed by atoms with Gasteiger partial charge in [-0.25, -0.2) is 0 Å². The summed E-state index contributed by atoms with van der Waals surface area (Å²) >= 11 is 16.7. The highest BCUT2D eigenvalue weighted by atomic mass is 79.9. The molecule has 0 fully saturated rings. The first kappa shape index (κ1) is 12.2. The van der Waals surface area contributed by atoms with Crippen LogP contribution in [0.5, 0.6) is 5.75 Å². The van der Waals surface area contributed by atoms with E-state index in [9.17, 15) is 0 Å². The molecule has 5 heteroatoms. The molecule has 0 spiro atoms. The number of halogens is 3. The molecule has 0 saturated carbocycles. The summed E-state index contributed by atoms with van der Waals surface area (Å²) in [6, 6.07) is 9.26. The van der Waals surface area contributed by atoms with E-state index in [1.54, 1.807) is 29.5 Å². The quantitative estimate of drug-likeness (QED) is 0.728. The Morgan fingerprint density at radius 1 is 1.12 bits per heavy atom. The summed E-state index contributed by atoms with van der Waals surface area (Å²) in [7, 11) is 0. The van der Waals surface area contributed by atoms with Crippen molar-refractivity contribution in [3.05, 3.63) is 49.0 Å². The maximum atomic E-state index is 5.88. The van der Waals surface area contributed by atoms with Crippen LogP contribution in [0.1, 0.15) is 4.88 Å². The molecule has 0 unspecified atom stereocenters. The van der Waals surface area contributed by atoms with Crippen LogP contribution in [0.15, 0.2) is 34.1 Å². The third kappa shape index (κ3) is 3.14. The van der Waals surface area contributed by atoms with E-state index in [1.165, 1.54) is 0 Å². The van der Waals surface area contributed by atoms with Crippen molar-refractivity contribution < 1.29 is 4.74 Å². The molecule has 0 atom stereocenters. The number of rotatable bonds is 3. The second-order valence-electron chi connectivity index (χ2n) is 3.07. The van der Waals surface area contributed by atoms with Crippen molar-refractivity contribution in [3.8, 4) is 5.75 Å². The van der Waals surface area contributed by atoms with E-state index in [1.807, 2.05) is 12.1 Å². The van der Waals surface area contributed by atoms with E-state index < -0.39 is 0 Å². The van der Waals surface area contributed by atoms with Gasteiger partial charge in [-0.3, -0.25) is 0 Å². The normalized spacial score (nSPS) is 10.4. The van der Waals surface area contributed by atoms with Crippen LogP contribution >= 0.6 is 50.5 Å². The molecule has 1 aromatic carbocycles. The monoisotopic (exact) mass is 336 g/mol. The summed E-state index contributed by atoms with van der Waals surface area (Å²) in [4.78, 5) is 1.15. The number of ether oxygens (including phenoxy) is 1. The third-order valence-electron chi connectivity index (χ3n) is 1.90. The Morgan fingerprint density at radius 2 is 1.94 bits per heavy atom. The standard InChI is InChI=1S/C11H7BrCl2OS/c12-11-4-2-8(16-11)6-15-7-1-3-9(13)10(14)5-7/h1-5H,6H2. The van der Waals surface area contributed by atoms with E-state index in [4.69, 9.17) is 27.9 Å². The van der Waals surface area contributed by atoms with Crippen LogP contribution in [0.2, 0.25) is 10.0 Å². The van der Waals surface area contributed by atoms with Gasteiger partial charge in [0.05, 0.1) is 13.8 Å². The maximum absolute atomic E-state index is 5.88. The summed E-state index contributed by atoms with van der Waals surface area (Å²) < 4.78 is 6.69. The fourth-order valence-corrected chi connectivity index (χ4v) is 2.83. The van der Waals surface area contributed by atoms with Gasteiger partial charge in [0, 0.05) is 10.9 Å². The first-order valence-corrected chi connectivity index (χ1v) is 6.84. The van der Waals surface area contributed by atoms with Crippen molar-refractivity contribution in [1.82, 2.24) is 0 Å². The van der Waals surface area contributed by atoms with Gasteiger partial charge in [0.2, 0.25) is 0 Å². The molecule has 2 aromatic rings.